The molecule has 0 aromatic heterocycles. The Morgan fingerprint density at radius 1 is 1.00 bits per heavy atom. The van der Waals surface area contributed by atoms with Gasteiger partial charge in [-0.1, -0.05) is 36.4 Å². The minimum Gasteiger partial charge on any atom is -0.449 e. The van der Waals surface area contributed by atoms with Crippen LogP contribution in [0.3, 0.4) is 0 Å². The van der Waals surface area contributed by atoms with Crippen molar-refractivity contribution in [2.24, 2.45) is 5.92 Å². The SMILES string of the molecule is CC(OC(=O)c1cccc(NC(=O)C2CC2)c1)C(=O)NC(C)c1ccccc1. The molecule has 0 spiro atoms. The molecule has 6 heteroatoms. The van der Waals surface area contributed by atoms with Gasteiger partial charge in [-0.25, -0.2) is 4.79 Å². The van der Waals surface area contributed by atoms with E-state index in [9.17, 15) is 14.4 Å². The van der Waals surface area contributed by atoms with E-state index in [0.29, 0.717) is 5.69 Å². The second-order valence-corrected chi connectivity index (χ2v) is 7.03. The fourth-order valence-electron chi connectivity index (χ4n) is 2.75. The third kappa shape index (κ3) is 5.19. The van der Waals surface area contributed by atoms with Gasteiger partial charge in [-0.05, 0) is 50.5 Å². The van der Waals surface area contributed by atoms with Crippen LogP contribution in [0.2, 0.25) is 0 Å². The lowest BCUT2D eigenvalue weighted by atomic mass is 10.1. The molecule has 2 amide bonds. The Balaban J connectivity index is 1.55. The van der Waals surface area contributed by atoms with Crippen molar-refractivity contribution >= 4 is 23.5 Å². The normalized spacial score (nSPS) is 15.2. The van der Waals surface area contributed by atoms with Gasteiger partial charge < -0.3 is 15.4 Å². The standard InChI is InChI=1S/C22H24N2O4/c1-14(16-7-4-3-5-8-16)23-20(25)15(2)28-22(27)18-9-6-10-19(13-18)24-21(26)17-11-12-17/h3-10,13-15,17H,11-12H2,1-2H3,(H,23,25)(H,24,26). The second kappa shape index (κ2) is 8.69. The highest BCUT2D eigenvalue weighted by Crippen LogP contribution is 2.30. The average Bonchev–Trinajstić information content (AvgIpc) is 3.54. The number of rotatable bonds is 7. The molecule has 146 valence electrons. The molecule has 0 heterocycles. The first-order valence-corrected chi connectivity index (χ1v) is 9.41. The summed E-state index contributed by atoms with van der Waals surface area (Å²) in [6.07, 6.45) is 0.867. The zero-order valence-electron chi connectivity index (χ0n) is 16.0. The zero-order valence-corrected chi connectivity index (χ0v) is 16.0. The van der Waals surface area contributed by atoms with Crippen molar-refractivity contribution in [3.8, 4) is 0 Å². The number of amides is 2. The maximum Gasteiger partial charge on any atom is 0.338 e. The van der Waals surface area contributed by atoms with Crippen LogP contribution in [0.25, 0.3) is 0 Å². The topological polar surface area (TPSA) is 84.5 Å². The Hall–Kier alpha value is -3.15. The van der Waals surface area contributed by atoms with Crippen LogP contribution in [0, 0.1) is 5.92 Å². The van der Waals surface area contributed by atoms with Gasteiger partial charge >= 0.3 is 5.97 Å². The summed E-state index contributed by atoms with van der Waals surface area (Å²) in [6.45, 7) is 3.40. The highest BCUT2D eigenvalue weighted by atomic mass is 16.5. The summed E-state index contributed by atoms with van der Waals surface area (Å²) in [5.74, 6) is -0.945. The van der Waals surface area contributed by atoms with Crippen LogP contribution < -0.4 is 10.6 Å². The highest BCUT2D eigenvalue weighted by Gasteiger charge is 2.29. The van der Waals surface area contributed by atoms with Gasteiger partial charge in [-0.2, -0.15) is 0 Å². The van der Waals surface area contributed by atoms with Gasteiger partial charge in [0.1, 0.15) is 0 Å². The maximum absolute atomic E-state index is 12.4. The predicted molar refractivity (Wildman–Crippen MR) is 106 cm³/mol. The Morgan fingerprint density at radius 2 is 1.71 bits per heavy atom. The zero-order chi connectivity index (χ0) is 20.1. The molecule has 1 aliphatic rings. The number of nitrogens with one attached hydrogen (secondary N) is 2. The van der Waals surface area contributed by atoms with E-state index in [2.05, 4.69) is 10.6 Å². The minimum atomic E-state index is -0.941. The maximum atomic E-state index is 12.4. The Kier molecular flexibility index (Phi) is 6.09. The Morgan fingerprint density at radius 3 is 2.39 bits per heavy atom. The monoisotopic (exact) mass is 380 g/mol. The molecule has 1 saturated carbocycles. The van der Waals surface area contributed by atoms with Gasteiger partial charge in [0.15, 0.2) is 6.10 Å². The summed E-state index contributed by atoms with van der Waals surface area (Å²) < 4.78 is 5.29. The van der Waals surface area contributed by atoms with Crippen LogP contribution >= 0.6 is 0 Å². The van der Waals surface area contributed by atoms with Gasteiger partial charge in [0, 0.05) is 11.6 Å². The number of hydrogen-bond donors (Lipinski definition) is 2. The number of carbonyl (C=O) groups excluding carboxylic acids is 3. The highest BCUT2D eigenvalue weighted by molar-refractivity contribution is 5.97. The van der Waals surface area contributed by atoms with Crippen LogP contribution in [-0.4, -0.2) is 23.9 Å². The van der Waals surface area contributed by atoms with Gasteiger partial charge in [0.25, 0.3) is 5.91 Å². The van der Waals surface area contributed by atoms with Crippen molar-refractivity contribution in [2.45, 2.75) is 38.8 Å². The minimum absolute atomic E-state index is 0.0341. The third-order valence-electron chi connectivity index (χ3n) is 4.63. The first kappa shape index (κ1) is 19.6. The number of hydrogen-bond acceptors (Lipinski definition) is 4. The van der Waals surface area contributed by atoms with Crippen LogP contribution in [0.4, 0.5) is 5.69 Å². The summed E-state index contributed by atoms with van der Waals surface area (Å²) >= 11 is 0. The van der Waals surface area contributed by atoms with Crippen molar-refractivity contribution in [2.75, 3.05) is 5.32 Å². The molecular weight excluding hydrogens is 356 g/mol. The molecule has 2 aromatic rings. The van der Waals surface area contributed by atoms with Gasteiger partial charge in [-0.15, -0.1) is 0 Å². The lowest BCUT2D eigenvalue weighted by Crippen LogP contribution is -2.37. The van der Waals surface area contributed by atoms with Crippen molar-refractivity contribution in [1.82, 2.24) is 5.32 Å². The van der Waals surface area contributed by atoms with Crippen LogP contribution in [0.1, 0.15) is 48.7 Å². The quantitative estimate of drug-likeness (QED) is 0.721. The van der Waals surface area contributed by atoms with E-state index in [0.717, 1.165) is 18.4 Å². The second-order valence-electron chi connectivity index (χ2n) is 7.03. The number of ether oxygens (including phenoxy) is 1. The van der Waals surface area contributed by atoms with Gasteiger partial charge in [0.2, 0.25) is 5.91 Å². The van der Waals surface area contributed by atoms with E-state index < -0.39 is 12.1 Å². The van der Waals surface area contributed by atoms with Crippen molar-refractivity contribution in [3.05, 3.63) is 65.7 Å². The molecule has 0 bridgehead atoms. The molecule has 0 aliphatic heterocycles. The molecule has 0 radical (unpaired) electrons. The molecule has 1 fully saturated rings. The molecule has 28 heavy (non-hydrogen) atoms. The fraction of sp³-hybridized carbons (Fsp3) is 0.318. The van der Waals surface area contributed by atoms with E-state index in [1.807, 2.05) is 37.3 Å². The van der Waals surface area contributed by atoms with Crippen LogP contribution in [0.15, 0.2) is 54.6 Å². The van der Waals surface area contributed by atoms with E-state index >= 15 is 0 Å². The van der Waals surface area contributed by atoms with Crippen molar-refractivity contribution in [1.29, 1.82) is 0 Å². The Labute approximate surface area is 164 Å². The first-order valence-electron chi connectivity index (χ1n) is 9.41. The molecular formula is C22H24N2O4. The summed E-state index contributed by atoms with van der Waals surface area (Å²) in [6, 6.07) is 15.9. The number of esters is 1. The first-order chi connectivity index (χ1) is 13.4. The summed E-state index contributed by atoms with van der Waals surface area (Å²) in [7, 11) is 0. The van der Waals surface area contributed by atoms with E-state index in [1.54, 1.807) is 24.3 Å². The summed E-state index contributed by atoms with van der Waals surface area (Å²) in [4.78, 5) is 36.6. The van der Waals surface area contributed by atoms with Crippen LogP contribution in [0.5, 0.6) is 0 Å². The van der Waals surface area contributed by atoms with Crippen LogP contribution in [-0.2, 0) is 14.3 Å². The lowest BCUT2D eigenvalue weighted by molar-refractivity contribution is -0.129. The molecule has 2 aromatic carbocycles. The molecule has 0 saturated heterocycles. The molecule has 2 atom stereocenters. The number of carbonyl (C=O) groups is 3. The van der Waals surface area contributed by atoms with E-state index in [-0.39, 0.29) is 29.3 Å². The molecule has 1 aliphatic carbocycles. The number of anilines is 1. The Bertz CT molecular complexity index is 862. The number of benzene rings is 2. The molecule has 2 N–H and O–H groups in total. The smallest absolute Gasteiger partial charge is 0.338 e. The van der Waals surface area contributed by atoms with Crippen molar-refractivity contribution in [3.63, 3.8) is 0 Å². The predicted octanol–water partition coefficient (Wildman–Crippen LogP) is 3.46. The average molecular weight is 380 g/mol. The lowest BCUT2D eigenvalue weighted by Gasteiger charge is -2.18. The van der Waals surface area contributed by atoms with E-state index in [4.69, 9.17) is 4.74 Å². The summed E-state index contributed by atoms with van der Waals surface area (Å²) in [5.41, 5.74) is 1.79. The van der Waals surface area contributed by atoms with E-state index in [1.165, 1.54) is 6.92 Å². The van der Waals surface area contributed by atoms with Gasteiger partial charge in [0.05, 0.1) is 11.6 Å². The molecule has 3 rings (SSSR count). The molecule has 2 unspecified atom stereocenters. The van der Waals surface area contributed by atoms with Crippen molar-refractivity contribution < 1.29 is 19.1 Å². The largest absolute Gasteiger partial charge is 0.449 e. The third-order valence-corrected chi connectivity index (χ3v) is 4.63. The summed E-state index contributed by atoms with van der Waals surface area (Å²) in [5, 5.41) is 5.63. The fourth-order valence-corrected chi connectivity index (χ4v) is 2.75. The molecule has 6 nitrogen and oxygen atoms in total. The van der Waals surface area contributed by atoms with Gasteiger partial charge in [-0.3, -0.25) is 9.59 Å².